The van der Waals surface area contributed by atoms with Gasteiger partial charge in [0, 0.05) is 24.2 Å². The van der Waals surface area contributed by atoms with Crippen molar-refractivity contribution in [1.82, 2.24) is 10.2 Å². The van der Waals surface area contributed by atoms with Crippen LogP contribution in [-0.2, 0) is 17.9 Å². The van der Waals surface area contributed by atoms with Crippen molar-refractivity contribution in [1.29, 1.82) is 0 Å². The van der Waals surface area contributed by atoms with Crippen LogP contribution >= 0.6 is 0 Å². The van der Waals surface area contributed by atoms with Gasteiger partial charge in [-0.05, 0) is 47.7 Å². The van der Waals surface area contributed by atoms with Crippen LogP contribution in [0.3, 0.4) is 0 Å². The predicted octanol–water partition coefficient (Wildman–Crippen LogP) is 2.94. The fourth-order valence-corrected chi connectivity index (χ4v) is 2.46. The average molecular weight is 282 g/mol. The van der Waals surface area contributed by atoms with Crippen LogP contribution in [0.2, 0.25) is 0 Å². The van der Waals surface area contributed by atoms with E-state index in [-0.39, 0.29) is 0 Å². The molecule has 0 unspecified atom stereocenters. The number of hydrogen-bond acceptors (Lipinski definition) is 4. The van der Waals surface area contributed by atoms with Crippen LogP contribution in [0.5, 0.6) is 0 Å². The molecule has 0 aliphatic heterocycles. The molecule has 0 fully saturated rings. The molecule has 4 heteroatoms. The Labute approximate surface area is 123 Å². The molecule has 116 valence electrons. The van der Waals surface area contributed by atoms with Crippen molar-refractivity contribution in [2.75, 3.05) is 20.2 Å². The Morgan fingerprint density at radius 3 is 2.45 bits per heavy atom. The first-order valence-corrected chi connectivity index (χ1v) is 7.52. The van der Waals surface area contributed by atoms with Gasteiger partial charge >= 0.3 is 0 Å². The summed E-state index contributed by atoms with van der Waals surface area (Å²) in [6, 6.07) is 3.18. The number of rotatable bonds is 9. The third kappa shape index (κ3) is 5.27. The minimum absolute atomic E-state index is 0.552. The number of aryl methyl sites for hydroxylation is 1. The standard InChI is InChI=1S/C16H30N2O2/c1-12(2)18(13(3)4)7-8-19-11-15-9-16(10-17-6)20-14(15)5/h9,12-13,17H,7-8,10-11H2,1-6H3. The largest absolute Gasteiger partial charge is 0.465 e. The quantitative estimate of drug-likeness (QED) is 0.707. The van der Waals surface area contributed by atoms with Gasteiger partial charge in [-0.15, -0.1) is 0 Å². The van der Waals surface area contributed by atoms with Crippen molar-refractivity contribution < 1.29 is 9.15 Å². The summed E-state index contributed by atoms with van der Waals surface area (Å²) in [7, 11) is 1.92. The number of nitrogens with one attached hydrogen (secondary N) is 1. The highest BCUT2D eigenvalue weighted by atomic mass is 16.5. The molecule has 0 radical (unpaired) electrons. The van der Waals surface area contributed by atoms with E-state index in [4.69, 9.17) is 9.15 Å². The first-order chi connectivity index (χ1) is 9.45. The molecule has 0 saturated heterocycles. The molecule has 0 spiro atoms. The van der Waals surface area contributed by atoms with Crippen molar-refractivity contribution in [3.63, 3.8) is 0 Å². The van der Waals surface area contributed by atoms with E-state index >= 15 is 0 Å². The lowest BCUT2D eigenvalue weighted by Gasteiger charge is -2.30. The highest BCUT2D eigenvalue weighted by molar-refractivity contribution is 5.19. The van der Waals surface area contributed by atoms with Gasteiger partial charge in [-0.3, -0.25) is 4.90 Å². The average Bonchev–Trinajstić information content (AvgIpc) is 2.69. The zero-order chi connectivity index (χ0) is 15.1. The fourth-order valence-electron chi connectivity index (χ4n) is 2.46. The SMILES string of the molecule is CNCc1cc(COCCN(C(C)C)C(C)C)c(C)o1. The van der Waals surface area contributed by atoms with Crippen molar-refractivity contribution in [3.8, 4) is 0 Å². The molecule has 0 bridgehead atoms. The minimum Gasteiger partial charge on any atom is -0.465 e. The molecule has 0 atom stereocenters. The molecule has 1 aromatic heterocycles. The monoisotopic (exact) mass is 282 g/mol. The van der Waals surface area contributed by atoms with Gasteiger partial charge in [-0.25, -0.2) is 0 Å². The molecule has 0 aromatic carbocycles. The lowest BCUT2D eigenvalue weighted by Crippen LogP contribution is -2.39. The van der Waals surface area contributed by atoms with Crippen LogP contribution in [0.25, 0.3) is 0 Å². The second-order valence-corrected chi connectivity index (χ2v) is 5.80. The Bertz CT molecular complexity index is 378. The van der Waals surface area contributed by atoms with Crippen LogP contribution < -0.4 is 5.32 Å². The highest BCUT2D eigenvalue weighted by Crippen LogP contribution is 2.15. The van der Waals surface area contributed by atoms with E-state index in [9.17, 15) is 0 Å². The molecule has 1 heterocycles. The normalized spacial score (nSPS) is 12.1. The predicted molar refractivity (Wildman–Crippen MR) is 82.8 cm³/mol. The van der Waals surface area contributed by atoms with Crippen LogP contribution in [0.15, 0.2) is 10.5 Å². The summed E-state index contributed by atoms with van der Waals surface area (Å²) in [5.74, 6) is 1.93. The molecule has 0 amide bonds. The maximum atomic E-state index is 5.80. The van der Waals surface area contributed by atoms with Crippen molar-refractivity contribution in [3.05, 3.63) is 23.2 Å². The summed E-state index contributed by atoms with van der Waals surface area (Å²) in [4.78, 5) is 2.44. The lowest BCUT2D eigenvalue weighted by molar-refractivity contribution is 0.0694. The van der Waals surface area contributed by atoms with Gasteiger partial charge in [0.25, 0.3) is 0 Å². The van der Waals surface area contributed by atoms with Crippen LogP contribution in [-0.4, -0.2) is 37.2 Å². The summed E-state index contributed by atoms with van der Waals surface area (Å²) < 4.78 is 11.5. The summed E-state index contributed by atoms with van der Waals surface area (Å²) in [6.07, 6.45) is 0. The van der Waals surface area contributed by atoms with Gasteiger partial charge < -0.3 is 14.5 Å². The number of nitrogens with zero attached hydrogens (tertiary/aromatic N) is 1. The molecule has 1 aromatic rings. The summed E-state index contributed by atoms with van der Waals surface area (Å²) in [6.45, 7) is 14.0. The Balaban J connectivity index is 2.37. The zero-order valence-electron chi connectivity index (χ0n) is 13.8. The molecule has 4 nitrogen and oxygen atoms in total. The molecule has 1 N–H and O–H groups in total. The van der Waals surface area contributed by atoms with Crippen molar-refractivity contribution in [2.45, 2.75) is 59.9 Å². The molecular weight excluding hydrogens is 252 g/mol. The van der Waals surface area contributed by atoms with Gasteiger partial charge in [0.1, 0.15) is 11.5 Å². The summed E-state index contributed by atoms with van der Waals surface area (Å²) in [5, 5.41) is 3.09. The van der Waals surface area contributed by atoms with Crippen LogP contribution in [0.4, 0.5) is 0 Å². The van der Waals surface area contributed by atoms with Crippen molar-refractivity contribution in [2.24, 2.45) is 0 Å². The van der Waals surface area contributed by atoms with E-state index in [1.54, 1.807) is 0 Å². The third-order valence-corrected chi connectivity index (χ3v) is 3.50. The second kappa shape index (κ2) is 8.45. The molecule has 0 aliphatic rings. The maximum Gasteiger partial charge on any atom is 0.118 e. The van der Waals surface area contributed by atoms with Gasteiger partial charge in [-0.1, -0.05) is 0 Å². The van der Waals surface area contributed by atoms with Crippen LogP contribution in [0, 0.1) is 6.92 Å². The number of furan rings is 1. The second-order valence-electron chi connectivity index (χ2n) is 5.80. The summed E-state index contributed by atoms with van der Waals surface area (Å²) >= 11 is 0. The van der Waals surface area contributed by atoms with Gasteiger partial charge in [0.05, 0.1) is 19.8 Å². The molecule has 20 heavy (non-hydrogen) atoms. The smallest absolute Gasteiger partial charge is 0.118 e. The number of hydrogen-bond donors (Lipinski definition) is 1. The van der Waals surface area contributed by atoms with Crippen LogP contribution in [0.1, 0.15) is 44.8 Å². The first-order valence-electron chi connectivity index (χ1n) is 7.52. The van der Waals surface area contributed by atoms with Crippen molar-refractivity contribution >= 4 is 0 Å². The Kier molecular flexibility index (Phi) is 7.27. The molecule has 0 aliphatic carbocycles. The summed E-state index contributed by atoms with van der Waals surface area (Å²) in [5.41, 5.74) is 1.15. The molecule has 0 saturated carbocycles. The van der Waals surface area contributed by atoms with Gasteiger partial charge in [-0.2, -0.15) is 0 Å². The minimum atomic E-state index is 0.552. The first kappa shape index (κ1) is 17.2. The number of ether oxygens (including phenoxy) is 1. The maximum absolute atomic E-state index is 5.80. The zero-order valence-corrected chi connectivity index (χ0v) is 13.8. The van der Waals surface area contributed by atoms with E-state index in [0.717, 1.165) is 36.8 Å². The van der Waals surface area contributed by atoms with E-state index in [0.29, 0.717) is 18.7 Å². The highest BCUT2D eigenvalue weighted by Gasteiger charge is 2.13. The lowest BCUT2D eigenvalue weighted by atomic mass is 10.2. The molecular formula is C16H30N2O2. The third-order valence-electron chi connectivity index (χ3n) is 3.50. The topological polar surface area (TPSA) is 37.6 Å². The Morgan fingerprint density at radius 2 is 1.90 bits per heavy atom. The van der Waals surface area contributed by atoms with Gasteiger partial charge in [0.15, 0.2) is 0 Å². The fraction of sp³-hybridized carbons (Fsp3) is 0.750. The Morgan fingerprint density at radius 1 is 1.25 bits per heavy atom. The van der Waals surface area contributed by atoms with E-state index in [1.165, 1.54) is 0 Å². The van der Waals surface area contributed by atoms with E-state index in [2.05, 4.69) is 44.0 Å². The van der Waals surface area contributed by atoms with Gasteiger partial charge in [0.2, 0.25) is 0 Å². The Hall–Kier alpha value is -0.840. The molecule has 1 rings (SSSR count). The van der Waals surface area contributed by atoms with E-state index in [1.807, 2.05) is 14.0 Å². The van der Waals surface area contributed by atoms with E-state index < -0.39 is 0 Å².